The summed E-state index contributed by atoms with van der Waals surface area (Å²) >= 11 is 0. The molecule has 426 valence electrons. The van der Waals surface area contributed by atoms with Gasteiger partial charge in [0.25, 0.3) is 0 Å². The van der Waals surface area contributed by atoms with Crippen LogP contribution < -0.4 is 0 Å². The van der Waals surface area contributed by atoms with Crippen molar-refractivity contribution in [3.63, 3.8) is 0 Å². The molecule has 0 radical (unpaired) electrons. The lowest BCUT2D eigenvalue weighted by Gasteiger charge is -2.49. The van der Waals surface area contributed by atoms with E-state index in [0.717, 1.165) is 38.9 Å². The van der Waals surface area contributed by atoms with Crippen LogP contribution in [-0.2, 0) is 103 Å². The minimum Gasteiger partial charge on any atom is -0.387 e. The molecule has 0 amide bonds. The molecule has 14 atom stereocenters. The third-order valence-electron chi connectivity index (χ3n) is 14.7. The molecule has 14 nitrogen and oxygen atoms in total. The van der Waals surface area contributed by atoms with Crippen LogP contribution in [0.15, 0.2) is 212 Å². The maximum atomic E-state index is 13.1. The van der Waals surface area contributed by atoms with Crippen molar-refractivity contribution in [2.24, 2.45) is 0 Å². The minimum atomic E-state index is -1.46. The van der Waals surface area contributed by atoms with Gasteiger partial charge in [-0.1, -0.05) is 212 Å². The van der Waals surface area contributed by atoms with Crippen molar-refractivity contribution in [3.8, 4) is 0 Å². The van der Waals surface area contributed by atoms with E-state index in [0.29, 0.717) is 13.2 Å². The predicted octanol–water partition coefficient (Wildman–Crippen LogP) is 10.1. The summed E-state index contributed by atoms with van der Waals surface area (Å²) in [7, 11) is 0. The molecule has 10 rings (SSSR count). The maximum Gasteiger partial charge on any atom is 0.187 e. The fraction of sp³-hybridized carbons (Fsp3) is 0.373. The number of ether oxygens (including phenoxy) is 12. The molecule has 0 aliphatic carbocycles. The SMILES string of the molecule is C[C@@H]1O[C@H](O[C@@H]2[C@H](O)[C@@H](OCc3ccccc3)[C@H](O[C@H]3[C@H](OCc4ccccc4)[C@@H](OCc4ccccc4)[C@@H](O)O[C@@H]3COCc3ccccc3)O[C@@H]2COCc2ccccc2)C[C@H](OCc2ccccc2)[C@@H]1OCc1ccccc1. The molecule has 0 saturated carbocycles. The Labute approximate surface area is 475 Å². The zero-order chi connectivity index (χ0) is 55.4. The maximum absolute atomic E-state index is 13.1. The molecule has 2 N–H and O–H groups in total. The van der Waals surface area contributed by atoms with Crippen molar-refractivity contribution in [1.29, 1.82) is 0 Å². The van der Waals surface area contributed by atoms with Crippen molar-refractivity contribution in [2.75, 3.05) is 13.2 Å². The van der Waals surface area contributed by atoms with Crippen LogP contribution in [0, 0.1) is 0 Å². The Morgan fingerprint density at radius 3 is 1.15 bits per heavy atom. The topological polar surface area (TPSA) is 151 Å². The number of hydrogen-bond donors (Lipinski definition) is 2. The first kappa shape index (κ1) is 58.2. The molecule has 0 bridgehead atoms. The number of aliphatic hydroxyl groups excluding tert-OH is 2. The molecule has 7 aromatic carbocycles. The standard InChI is InChI=1S/C67H74O14/c1-47-60(73-41-51-29-15-5-16-30-51)55(72-40-50-27-13-4-14-28-50)37-58(77-47)80-61-56(45-70-38-48-23-9-2-10-24-48)79-67(63(59(61)68)74-42-52-31-17-6-18-32-52)81-62-57(46-71-39-49-25-11-3-12-26-49)78-66(69)65(76-44-54-35-21-8-22-36-54)64(62)75-43-53-33-19-7-20-34-53/h2-36,47,55-69H,37-46H2,1H3/t47-,55-,56+,57+,58+,59-,60+,61-,62+,63+,64-,65+,66-,67-/m0/s1. The summed E-state index contributed by atoms with van der Waals surface area (Å²) in [4.78, 5) is 0. The van der Waals surface area contributed by atoms with Crippen LogP contribution in [-0.4, -0.2) is 109 Å². The van der Waals surface area contributed by atoms with Gasteiger partial charge in [-0.3, -0.25) is 0 Å². The number of rotatable bonds is 27. The molecule has 0 unspecified atom stereocenters. The van der Waals surface area contributed by atoms with Crippen LogP contribution in [0.3, 0.4) is 0 Å². The van der Waals surface area contributed by atoms with Gasteiger partial charge in [-0.05, 0) is 45.9 Å². The van der Waals surface area contributed by atoms with E-state index in [2.05, 4.69) is 0 Å². The molecule has 0 spiro atoms. The summed E-state index contributed by atoms with van der Waals surface area (Å²) in [5.41, 5.74) is 6.56. The molecule has 3 aliphatic rings. The molecular formula is C67H74O14. The zero-order valence-electron chi connectivity index (χ0n) is 45.7. The van der Waals surface area contributed by atoms with Crippen LogP contribution in [0.25, 0.3) is 0 Å². The fourth-order valence-corrected chi connectivity index (χ4v) is 10.4. The van der Waals surface area contributed by atoms with Gasteiger partial charge in [0.15, 0.2) is 18.9 Å². The Bertz CT molecular complexity index is 2820. The molecule has 3 saturated heterocycles. The van der Waals surface area contributed by atoms with Crippen molar-refractivity contribution < 1.29 is 67.1 Å². The monoisotopic (exact) mass is 1100 g/mol. The molecular weight excluding hydrogens is 1030 g/mol. The van der Waals surface area contributed by atoms with E-state index >= 15 is 0 Å². The second-order valence-electron chi connectivity index (χ2n) is 20.7. The second kappa shape index (κ2) is 30.3. The van der Waals surface area contributed by atoms with E-state index in [1.165, 1.54) is 0 Å². The average molecular weight is 1100 g/mol. The average Bonchev–Trinajstić information content (AvgIpc) is 3.56. The third-order valence-corrected chi connectivity index (χ3v) is 14.7. The summed E-state index contributed by atoms with van der Waals surface area (Å²) < 4.78 is 81.0. The van der Waals surface area contributed by atoms with E-state index in [-0.39, 0.29) is 52.7 Å². The van der Waals surface area contributed by atoms with Gasteiger partial charge in [0.05, 0.1) is 71.7 Å². The summed E-state index contributed by atoms with van der Waals surface area (Å²) in [5, 5.41) is 25.1. The number of benzene rings is 7. The van der Waals surface area contributed by atoms with Gasteiger partial charge in [-0.2, -0.15) is 0 Å². The lowest BCUT2D eigenvalue weighted by Crippen LogP contribution is -2.66. The highest BCUT2D eigenvalue weighted by Crippen LogP contribution is 2.37. The van der Waals surface area contributed by atoms with E-state index < -0.39 is 86.0 Å². The zero-order valence-corrected chi connectivity index (χ0v) is 45.7. The Kier molecular flexibility index (Phi) is 21.8. The predicted molar refractivity (Wildman–Crippen MR) is 302 cm³/mol. The van der Waals surface area contributed by atoms with Crippen LogP contribution in [0.4, 0.5) is 0 Å². The Balaban J connectivity index is 0.969. The van der Waals surface area contributed by atoms with Crippen LogP contribution >= 0.6 is 0 Å². The molecule has 0 aromatic heterocycles. The molecule has 14 heteroatoms. The van der Waals surface area contributed by atoms with Crippen molar-refractivity contribution in [2.45, 2.75) is 146 Å². The van der Waals surface area contributed by atoms with Crippen molar-refractivity contribution in [3.05, 3.63) is 251 Å². The van der Waals surface area contributed by atoms with Gasteiger partial charge in [-0.25, -0.2) is 0 Å². The summed E-state index contributed by atoms with van der Waals surface area (Å²) in [5.74, 6) is 0. The smallest absolute Gasteiger partial charge is 0.187 e. The number of aliphatic hydroxyl groups is 2. The minimum absolute atomic E-state index is 0.0197. The second-order valence-corrected chi connectivity index (χ2v) is 20.7. The van der Waals surface area contributed by atoms with E-state index in [1.807, 2.05) is 219 Å². The Morgan fingerprint density at radius 1 is 0.358 bits per heavy atom. The van der Waals surface area contributed by atoms with Crippen LogP contribution in [0.5, 0.6) is 0 Å². The van der Waals surface area contributed by atoms with Gasteiger partial charge in [-0.15, -0.1) is 0 Å². The first-order valence-corrected chi connectivity index (χ1v) is 28.0. The molecule has 3 aliphatic heterocycles. The largest absolute Gasteiger partial charge is 0.387 e. The van der Waals surface area contributed by atoms with Crippen molar-refractivity contribution in [1.82, 2.24) is 0 Å². The Morgan fingerprint density at radius 2 is 0.716 bits per heavy atom. The van der Waals surface area contributed by atoms with Gasteiger partial charge in [0.2, 0.25) is 0 Å². The molecule has 3 fully saturated rings. The summed E-state index contributed by atoms with van der Waals surface area (Å²) in [6, 6.07) is 68.7. The van der Waals surface area contributed by atoms with Gasteiger partial charge < -0.3 is 67.1 Å². The highest BCUT2D eigenvalue weighted by molar-refractivity contribution is 5.19. The molecule has 3 heterocycles. The quantitative estimate of drug-likeness (QED) is 0.0503. The van der Waals surface area contributed by atoms with Crippen LogP contribution in [0.2, 0.25) is 0 Å². The highest BCUT2D eigenvalue weighted by atomic mass is 16.8. The van der Waals surface area contributed by atoms with E-state index in [4.69, 9.17) is 56.8 Å². The third kappa shape index (κ3) is 16.8. The molecule has 7 aromatic rings. The van der Waals surface area contributed by atoms with Gasteiger partial charge in [0, 0.05) is 6.42 Å². The normalized spacial score (nSPS) is 27.6. The number of hydrogen-bond acceptors (Lipinski definition) is 14. The van der Waals surface area contributed by atoms with Gasteiger partial charge >= 0.3 is 0 Å². The first-order valence-electron chi connectivity index (χ1n) is 28.0. The first-order chi connectivity index (χ1) is 39.9. The fourth-order valence-electron chi connectivity index (χ4n) is 10.4. The molecule has 81 heavy (non-hydrogen) atoms. The summed E-state index contributed by atoms with van der Waals surface area (Å²) in [6.07, 6.45) is -13.5. The highest BCUT2D eigenvalue weighted by Gasteiger charge is 2.54. The lowest BCUT2D eigenvalue weighted by molar-refractivity contribution is -0.381. The summed E-state index contributed by atoms with van der Waals surface area (Å²) in [6.45, 7) is 3.47. The van der Waals surface area contributed by atoms with Gasteiger partial charge in [0.1, 0.15) is 54.9 Å². The van der Waals surface area contributed by atoms with E-state index in [9.17, 15) is 10.2 Å². The van der Waals surface area contributed by atoms with E-state index in [1.54, 1.807) is 0 Å². The van der Waals surface area contributed by atoms with Crippen LogP contribution in [0.1, 0.15) is 52.3 Å². The lowest BCUT2D eigenvalue weighted by atomic mass is 9.95. The van der Waals surface area contributed by atoms with Crippen molar-refractivity contribution >= 4 is 0 Å². The Hall–Kier alpha value is -6.02.